The summed E-state index contributed by atoms with van der Waals surface area (Å²) in [4.78, 5) is 0. The van der Waals surface area contributed by atoms with Crippen LogP contribution < -0.4 is 0 Å². The van der Waals surface area contributed by atoms with Gasteiger partial charge in [0.25, 0.3) is 0 Å². The zero-order valence-electron chi connectivity index (χ0n) is 10.3. The zero-order chi connectivity index (χ0) is 14.2. The molecule has 0 radical (unpaired) electrons. The monoisotopic (exact) mass is 370 g/mol. The molecule has 0 bridgehead atoms. The van der Waals surface area contributed by atoms with Gasteiger partial charge in [0.1, 0.15) is 17.6 Å². The molecule has 2 aromatic rings. The first-order valence-electron chi connectivity index (χ1n) is 5.57. The van der Waals surface area contributed by atoms with Gasteiger partial charge in [0.05, 0.1) is 9.13 Å². The molecule has 0 fully saturated rings. The van der Waals surface area contributed by atoms with Gasteiger partial charge in [-0.3, -0.25) is 0 Å². The molecule has 0 aliphatic carbocycles. The molecular weight excluding hydrogens is 359 g/mol. The molecule has 6 heteroatoms. The van der Waals surface area contributed by atoms with Crippen LogP contribution in [0.3, 0.4) is 0 Å². The summed E-state index contributed by atoms with van der Waals surface area (Å²) in [7, 11) is 0. The number of nitrogens with zero attached hydrogens (tertiary/aromatic N) is 2. The molecule has 0 aliphatic rings. The molecule has 0 saturated carbocycles. The Kier molecular flexibility index (Phi) is 3.66. The van der Waals surface area contributed by atoms with Crippen LogP contribution in [0.2, 0.25) is 0 Å². The predicted molar refractivity (Wildman–Crippen MR) is 76.8 cm³/mol. The molecule has 2 rings (SSSR count). The fraction of sp³-hybridized carbons (Fsp3) is 0.231. The first-order chi connectivity index (χ1) is 8.95. The Morgan fingerprint density at radius 1 is 1.32 bits per heavy atom. The van der Waals surface area contributed by atoms with Gasteiger partial charge in [-0.25, -0.2) is 0 Å². The molecule has 0 spiro atoms. The van der Waals surface area contributed by atoms with Crippen molar-refractivity contribution >= 4 is 22.6 Å². The van der Waals surface area contributed by atoms with Gasteiger partial charge in [-0.15, -0.1) is 0 Å². The Labute approximate surface area is 123 Å². The largest absolute Gasteiger partial charge is 0.508 e. The molecular formula is C13H11IN2O3. The van der Waals surface area contributed by atoms with Crippen molar-refractivity contribution in [2.24, 2.45) is 0 Å². The molecule has 0 aliphatic heterocycles. The van der Waals surface area contributed by atoms with Crippen LogP contribution in [0.5, 0.6) is 11.5 Å². The van der Waals surface area contributed by atoms with Crippen LogP contribution in [0.25, 0.3) is 11.3 Å². The van der Waals surface area contributed by atoms with Crippen LogP contribution in [0.1, 0.15) is 31.0 Å². The number of hydrogen-bond donors (Lipinski definition) is 2. The van der Waals surface area contributed by atoms with Crippen LogP contribution in [-0.2, 0) is 0 Å². The van der Waals surface area contributed by atoms with Gasteiger partial charge in [-0.2, -0.15) is 5.26 Å². The lowest BCUT2D eigenvalue weighted by atomic mass is 9.98. The Morgan fingerprint density at radius 2 is 2.00 bits per heavy atom. The van der Waals surface area contributed by atoms with Crippen molar-refractivity contribution in [1.29, 1.82) is 5.26 Å². The van der Waals surface area contributed by atoms with Crippen LogP contribution in [0, 0.1) is 14.9 Å². The van der Waals surface area contributed by atoms with Crippen molar-refractivity contribution < 1.29 is 14.7 Å². The highest BCUT2D eigenvalue weighted by Crippen LogP contribution is 2.39. The van der Waals surface area contributed by atoms with E-state index in [1.54, 1.807) is 6.07 Å². The van der Waals surface area contributed by atoms with E-state index in [4.69, 9.17) is 9.78 Å². The summed E-state index contributed by atoms with van der Waals surface area (Å²) in [5, 5.41) is 32.2. The summed E-state index contributed by atoms with van der Waals surface area (Å²) >= 11 is 1.94. The van der Waals surface area contributed by atoms with Gasteiger partial charge in [-0.1, -0.05) is 19.0 Å². The molecule has 2 N–H and O–H groups in total. The third-order valence-electron chi connectivity index (χ3n) is 2.75. The van der Waals surface area contributed by atoms with Crippen LogP contribution in [0.4, 0.5) is 0 Å². The van der Waals surface area contributed by atoms with Crippen LogP contribution >= 0.6 is 22.6 Å². The van der Waals surface area contributed by atoms with Crippen molar-refractivity contribution in [1.82, 2.24) is 5.16 Å². The van der Waals surface area contributed by atoms with Crippen molar-refractivity contribution in [2.75, 3.05) is 0 Å². The molecule has 5 nitrogen and oxygen atoms in total. The molecule has 0 amide bonds. The summed E-state index contributed by atoms with van der Waals surface area (Å²) in [5.41, 5.74) is 1.28. The van der Waals surface area contributed by atoms with E-state index in [2.05, 4.69) is 5.16 Å². The van der Waals surface area contributed by atoms with Crippen molar-refractivity contribution in [3.63, 3.8) is 0 Å². The van der Waals surface area contributed by atoms with Crippen LogP contribution in [0.15, 0.2) is 16.7 Å². The van der Waals surface area contributed by atoms with Crippen LogP contribution in [-0.4, -0.2) is 15.4 Å². The van der Waals surface area contributed by atoms with E-state index < -0.39 is 0 Å². The quantitative estimate of drug-likeness (QED) is 0.792. The average Bonchev–Trinajstić information content (AvgIpc) is 2.70. The predicted octanol–water partition coefficient (Wildman–Crippen LogP) is 3.35. The van der Waals surface area contributed by atoms with Gasteiger partial charge in [0.15, 0.2) is 11.5 Å². The van der Waals surface area contributed by atoms with Gasteiger partial charge in [0.2, 0.25) is 0 Å². The molecule has 19 heavy (non-hydrogen) atoms. The number of phenolic OH excluding ortho intramolecular Hbond substituents is 2. The fourth-order valence-electron chi connectivity index (χ4n) is 1.75. The summed E-state index contributed by atoms with van der Waals surface area (Å²) in [6, 6.07) is 4.84. The van der Waals surface area contributed by atoms with Gasteiger partial charge in [-0.05, 0) is 40.1 Å². The summed E-state index contributed by atoms with van der Waals surface area (Å²) in [5.74, 6) is 0.346. The second kappa shape index (κ2) is 5.09. The van der Waals surface area contributed by atoms with E-state index in [1.807, 2.05) is 42.5 Å². The summed E-state index contributed by atoms with van der Waals surface area (Å²) < 4.78 is 5.64. The molecule has 0 unspecified atom stereocenters. The third-order valence-corrected chi connectivity index (χ3v) is 3.75. The minimum Gasteiger partial charge on any atom is -0.508 e. The number of phenols is 2. The first-order valence-corrected chi connectivity index (χ1v) is 6.65. The van der Waals surface area contributed by atoms with E-state index in [0.717, 1.165) is 0 Å². The minimum absolute atomic E-state index is 0.0336. The number of rotatable bonds is 2. The molecule has 0 saturated heterocycles. The van der Waals surface area contributed by atoms with Crippen molar-refractivity contribution in [2.45, 2.75) is 19.8 Å². The van der Waals surface area contributed by atoms with E-state index in [9.17, 15) is 10.2 Å². The van der Waals surface area contributed by atoms with Crippen molar-refractivity contribution in [3.8, 4) is 28.9 Å². The first kappa shape index (κ1) is 13.7. The Balaban J connectivity index is 2.65. The number of hydrogen-bond acceptors (Lipinski definition) is 5. The standard InChI is InChI=1S/C13H11IN2O3/c1-6(2)7-3-8(11(18)4-10(7)17)13-12(14)9(5-15)16-19-13/h3-4,6,17-18H,1-2H3. The molecule has 1 heterocycles. The van der Waals surface area contributed by atoms with Gasteiger partial charge < -0.3 is 14.7 Å². The zero-order valence-corrected chi connectivity index (χ0v) is 12.5. The Morgan fingerprint density at radius 3 is 2.53 bits per heavy atom. The normalized spacial score (nSPS) is 10.7. The molecule has 1 aromatic heterocycles. The van der Waals surface area contributed by atoms with E-state index in [0.29, 0.717) is 20.5 Å². The third kappa shape index (κ3) is 2.38. The summed E-state index contributed by atoms with van der Waals surface area (Å²) in [6.45, 7) is 3.86. The molecule has 0 atom stereocenters. The highest BCUT2D eigenvalue weighted by atomic mass is 127. The average molecular weight is 370 g/mol. The highest BCUT2D eigenvalue weighted by molar-refractivity contribution is 14.1. The maximum Gasteiger partial charge on any atom is 0.197 e. The molecule has 1 aromatic carbocycles. The highest BCUT2D eigenvalue weighted by Gasteiger charge is 2.20. The van der Waals surface area contributed by atoms with Crippen molar-refractivity contribution in [3.05, 3.63) is 27.0 Å². The number of nitriles is 1. The lowest BCUT2D eigenvalue weighted by Gasteiger charge is -2.11. The minimum atomic E-state index is -0.111. The maximum absolute atomic E-state index is 9.92. The number of benzene rings is 1. The summed E-state index contributed by atoms with van der Waals surface area (Å²) in [6.07, 6.45) is 0. The smallest absolute Gasteiger partial charge is 0.197 e. The van der Waals surface area contributed by atoms with E-state index in [-0.39, 0.29) is 23.1 Å². The second-order valence-electron chi connectivity index (χ2n) is 4.37. The van der Waals surface area contributed by atoms with Gasteiger partial charge in [0, 0.05) is 6.07 Å². The topological polar surface area (TPSA) is 90.3 Å². The fourth-order valence-corrected chi connectivity index (χ4v) is 2.36. The Bertz CT molecular complexity index is 671. The molecule has 98 valence electrons. The number of aromatic nitrogens is 1. The maximum atomic E-state index is 9.92. The van der Waals surface area contributed by atoms with E-state index in [1.165, 1.54) is 6.07 Å². The number of halogens is 1. The van der Waals surface area contributed by atoms with E-state index >= 15 is 0 Å². The SMILES string of the molecule is CC(C)c1cc(-c2onc(C#N)c2I)c(O)cc1O. The van der Waals surface area contributed by atoms with Gasteiger partial charge >= 0.3 is 0 Å². The second-order valence-corrected chi connectivity index (χ2v) is 5.45. The number of aromatic hydroxyl groups is 2. The Hall–Kier alpha value is -1.75. The lowest BCUT2D eigenvalue weighted by molar-refractivity contribution is 0.420. The lowest BCUT2D eigenvalue weighted by Crippen LogP contribution is -1.90.